The van der Waals surface area contributed by atoms with Crippen LogP contribution in [0.5, 0.6) is 0 Å². The van der Waals surface area contributed by atoms with Crippen LogP contribution in [-0.2, 0) is 0 Å². The molecule has 2 heterocycles. The number of rotatable bonds is 2. The van der Waals surface area contributed by atoms with Crippen molar-refractivity contribution in [2.75, 3.05) is 5.32 Å². The third-order valence-electron chi connectivity index (χ3n) is 1.97. The molecule has 0 saturated carbocycles. The van der Waals surface area contributed by atoms with Crippen molar-refractivity contribution in [1.29, 1.82) is 0 Å². The second-order valence-corrected chi connectivity index (χ2v) is 3.59. The molecule has 0 unspecified atom stereocenters. The van der Waals surface area contributed by atoms with Gasteiger partial charge in [-0.3, -0.25) is 4.79 Å². The number of pyridine rings is 2. The van der Waals surface area contributed by atoms with Crippen molar-refractivity contribution in [3.63, 3.8) is 0 Å². The van der Waals surface area contributed by atoms with Crippen LogP contribution in [0.4, 0.5) is 10.2 Å². The van der Waals surface area contributed by atoms with Gasteiger partial charge in [-0.2, -0.15) is 4.39 Å². The fourth-order valence-electron chi connectivity index (χ4n) is 1.19. The molecule has 0 atom stereocenters. The fourth-order valence-corrected chi connectivity index (χ4v) is 1.30. The smallest absolute Gasteiger partial charge is 0.261 e. The van der Waals surface area contributed by atoms with E-state index in [0.29, 0.717) is 10.8 Å². The Hall–Kier alpha value is -2.01. The van der Waals surface area contributed by atoms with Crippen LogP contribution in [0.2, 0.25) is 5.02 Å². The van der Waals surface area contributed by atoms with Crippen LogP contribution in [0.3, 0.4) is 0 Å². The van der Waals surface area contributed by atoms with E-state index in [1.807, 2.05) is 0 Å². The molecule has 6 heteroatoms. The Balaban J connectivity index is 2.17. The van der Waals surface area contributed by atoms with Gasteiger partial charge in [-0.1, -0.05) is 11.6 Å². The van der Waals surface area contributed by atoms with Gasteiger partial charge in [0.25, 0.3) is 5.91 Å². The first kappa shape index (κ1) is 11.5. The molecular weight excluding hydrogens is 245 g/mol. The molecule has 2 rings (SSSR count). The molecule has 0 aliphatic carbocycles. The van der Waals surface area contributed by atoms with Crippen molar-refractivity contribution in [3.05, 3.63) is 53.2 Å². The van der Waals surface area contributed by atoms with Crippen LogP contribution in [0.25, 0.3) is 0 Å². The number of hydrogen-bond donors (Lipinski definition) is 1. The molecule has 2 aromatic rings. The molecule has 1 amide bonds. The van der Waals surface area contributed by atoms with E-state index in [4.69, 9.17) is 11.6 Å². The third kappa shape index (κ3) is 2.76. The van der Waals surface area contributed by atoms with E-state index in [9.17, 15) is 9.18 Å². The first-order valence-corrected chi connectivity index (χ1v) is 5.08. The number of amides is 1. The summed E-state index contributed by atoms with van der Waals surface area (Å²) in [6, 6.07) is 5.92. The maximum Gasteiger partial charge on any atom is 0.261 e. The van der Waals surface area contributed by atoms with Crippen molar-refractivity contribution in [2.24, 2.45) is 0 Å². The van der Waals surface area contributed by atoms with Gasteiger partial charge in [0.2, 0.25) is 5.95 Å². The van der Waals surface area contributed by atoms with Crippen molar-refractivity contribution in [3.8, 4) is 0 Å². The molecule has 0 spiro atoms. The lowest BCUT2D eigenvalue weighted by molar-refractivity contribution is 0.102. The molecule has 0 bridgehead atoms. The molecule has 1 N–H and O–H groups in total. The standard InChI is InChI=1S/C11H7ClFN3O/c12-7-3-4-9(15-6-7)16-11(17)8-2-1-5-14-10(8)13/h1-6H,(H,15,16,17). The molecule has 0 saturated heterocycles. The van der Waals surface area contributed by atoms with E-state index in [1.165, 1.54) is 30.6 Å². The highest BCUT2D eigenvalue weighted by atomic mass is 35.5. The maximum atomic E-state index is 13.2. The Labute approximate surface area is 101 Å². The van der Waals surface area contributed by atoms with Gasteiger partial charge >= 0.3 is 0 Å². The minimum absolute atomic E-state index is 0.135. The molecule has 0 aromatic carbocycles. The first-order chi connectivity index (χ1) is 8.16. The van der Waals surface area contributed by atoms with Crippen LogP contribution >= 0.6 is 11.6 Å². The predicted molar refractivity (Wildman–Crippen MR) is 61.4 cm³/mol. The minimum atomic E-state index is -0.820. The highest BCUT2D eigenvalue weighted by Gasteiger charge is 2.12. The molecule has 0 radical (unpaired) electrons. The van der Waals surface area contributed by atoms with Gasteiger partial charge in [0.05, 0.1) is 10.6 Å². The number of nitrogens with zero attached hydrogens (tertiary/aromatic N) is 2. The van der Waals surface area contributed by atoms with Gasteiger partial charge in [-0.15, -0.1) is 0 Å². The summed E-state index contributed by atoms with van der Waals surface area (Å²) in [5.41, 5.74) is -0.135. The Morgan fingerprint density at radius 3 is 2.76 bits per heavy atom. The molecule has 4 nitrogen and oxygen atoms in total. The lowest BCUT2D eigenvalue weighted by atomic mass is 10.2. The van der Waals surface area contributed by atoms with E-state index in [-0.39, 0.29) is 5.56 Å². The lowest BCUT2D eigenvalue weighted by Crippen LogP contribution is -2.15. The number of carbonyl (C=O) groups excluding carboxylic acids is 1. The summed E-state index contributed by atoms with van der Waals surface area (Å²) in [4.78, 5) is 18.9. The zero-order valence-corrected chi connectivity index (χ0v) is 9.28. The van der Waals surface area contributed by atoms with Crippen LogP contribution in [-0.4, -0.2) is 15.9 Å². The average molecular weight is 252 g/mol. The zero-order valence-electron chi connectivity index (χ0n) is 8.52. The molecule has 2 aromatic heterocycles. The molecule has 0 aliphatic heterocycles. The minimum Gasteiger partial charge on any atom is -0.306 e. The number of hydrogen-bond acceptors (Lipinski definition) is 3. The Morgan fingerprint density at radius 2 is 2.12 bits per heavy atom. The second kappa shape index (κ2) is 4.88. The van der Waals surface area contributed by atoms with Crippen molar-refractivity contribution >= 4 is 23.3 Å². The van der Waals surface area contributed by atoms with E-state index >= 15 is 0 Å². The fraction of sp³-hybridized carbons (Fsp3) is 0. The molecule has 17 heavy (non-hydrogen) atoms. The molecule has 0 fully saturated rings. The second-order valence-electron chi connectivity index (χ2n) is 3.16. The van der Waals surface area contributed by atoms with Gasteiger partial charge in [0.15, 0.2) is 0 Å². The summed E-state index contributed by atoms with van der Waals surface area (Å²) >= 11 is 5.65. The van der Waals surface area contributed by atoms with E-state index in [2.05, 4.69) is 15.3 Å². The van der Waals surface area contributed by atoms with Crippen molar-refractivity contribution in [1.82, 2.24) is 9.97 Å². The van der Waals surface area contributed by atoms with Crippen LogP contribution in [0.1, 0.15) is 10.4 Å². The SMILES string of the molecule is O=C(Nc1ccc(Cl)cn1)c1cccnc1F. The number of anilines is 1. The molecular formula is C11H7ClFN3O. The van der Waals surface area contributed by atoms with Gasteiger partial charge in [0.1, 0.15) is 5.82 Å². The number of halogens is 2. The topological polar surface area (TPSA) is 54.9 Å². The molecule has 0 aliphatic rings. The van der Waals surface area contributed by atoms with Crippen molar-refractivity contribution in [2.45, 2.75) is 0 Å². The Morgan fingerprint density at radius 1 is 1.29 bits per heavy atom. The third-order valence-corrected chi connectivity index (χ3v) is 2.20. The summed E-state index contributed by atoms with van der Waals surface area (Å²) in [6.45, 7) is 0. The van der Waals surface area contributed by atoms with Crippen LogP contribution in [0, 0.1) is 5.95 Å². The quantitative estimate of drug-likeness (QED) is 0.835. The highest BCUT2D eigenvalue weighted by molar-refractivity contribution is 6.30. The van der Waals surface area contributed by atoms with Crippen LogP contribution in [0.15, 0.2) is 36.7 Å². The average Bonchev–Trinajstić information content (AvgIpc) is 2.32. The summed E-state index contributed by atoms with van der Waals surface area (Å²) in [5.74, 6) is -1.13. The Kier molecular flexibility index (Phi) is 3.30. The largest absolute Gasteiger partial charge is 0.306 e. The maximum absolute atomic E-state index is 13.2. The van der Waals surface area contributed by atoms with Gasteiger partial charge < -0.3 is 5.32 Å². The summed E-state index contributed by atoms with van der Waals surface area (Å²) in [5, 5.41) is 2.89. The summed E-state index contributed by atoms with van der Waals surface area (Å²) in [6.07, 6.45) is 2.66. The van der Waals surface area contributed by atoms with E-state index in [0.717, 1.165) is 0 Å². The van der Waals surface area contributed by atoms with Gasteiger partial charge in [-0.25, -0.2) is 9.97 Å². The Bertz CT molecular complexity index is 545. The summed E-state index contributed by atoms with van der Waals surface area (Å²) in [7, 11) is 0. The number of carbonyl (C=O) groups is 1. The van der Waals surface area contributed by atoms with Gasteiger partial charge in [0, 0.05) is 12.4 Å². The summed E-state index contributed by atoms with van der Waals surface area (Å²) < 4.78 is 13.2. The predicted octanol–water partition coefficient (Wildman–Crippen LogP) is 2.52. The molecule has 86 valence electrons. The number of nitrogens with one attached hydrogen (secondary N) is 1. The zero-order chi connectivity index (χ0) is 12.3. The number of aromatic nitrogens is 2. The van der Waals surface area contributed by atoms with E-state index < -0.39 is 11.9 Å². The highest BCUT2D eigenvalue weighted by Crippen LogP contribution is 2.11. The monoisotopic (exact) mass is 251 g/mol. The normalized spacial score (nSPS) is 10.0. The first-order valence-electron chi connectivity index (χ1n) is 4.70. The van der Waals surface area contributed by atoms with Crippen LogP contribution < -0.4 is 5.32 Å². The van der Waals surface area contributed by atoms with E-state index in [1.54, 1.807) is 6.07 Å². The van der Waals surface area contributed by atoms with Crippen molar-refractivity contribution < 1.29 is 9.18 Å². The lowest BCUT2D eigenvalue weighted by Gasteiger charge is -2.04. The van der Waals surface area contributed by atoms with Gasteiger partial charge in [-0.05, 0) is 24.3 Å².